The van der Waals surface area contributed by atoms with Gasteiger partial charge < -0.3 is 20.7 Å². The number of ketones is 1. The van der Waals surface area contributed by atoms with E-state index in [9.17, 15) is 24.0 Å². The molecule has 0 bridgehead atoms. The highest BCUT2D eigenvalue weighted by molar-refractivity contribution is 5.98. The van der Waals surface area contributed by atoms with E-state index in [1.807, 2.05) is 24.3 Å². The zero-order valence-electron chi connectivity index (χ0n) is 26.1. The molecule has 2 atom stereocenters. The lowest BCUT2D eigenvalue weighted by atomic mass is 9.96. The Morgan fingerprint density at radius 2 is 1.65 bits per heavy atom. The third-order valence-corrected chi connectivity index (χ3v) is 7.30. The smallest absolute Gasteiger partial charge is 0.303 e. The zero-order chi connectivity index (χ0) is 33.4. The summed E-state index contributed by atoms with van der Waals surface area (Å²) in [6.45, 7) is 7.59. The molecule has 0 fully saturated rings. The largest absolute Gasteiger partial charge is 0.481 e. The van der Waals surface area contributed by atoms with Crippen LogP contribution in [-0.2, 0) is 27.3 Å². The van der Waals surface area contributed by atoms with Crippen molar-refractivity contribution in [1.82, 2.24) is 25.3 Å². The van der Waals surface area contributed by atoms with Crippen molar-refractivity contribution in [2.45, 2.75) is 65.5 Å². The average molecular weight is 628 g/mol. The highest BCUT2D eigenvalue weighted by atomic mass is 16.4. The molecule has 13 heteroatoms. The first-order valence-electron chi connectivity index (χ1n) is 14.9. The van der Waals surface area contributed by atoms with Crippen molar-refractivity contribution in [2.24, 2.45) is 5.92 Å². The molecule has 2 heterocycles. The second-order valence-electron chi connectivity index (χ2n) is 11.5. The number of hydrogen-bond donors (Lipinski definition) is 5. The Morgan fingerprint density at radius 3 is 2.28 bits per heavy atom. The van der Waals surface area contributed by atoms with Crippen LogP contribution in [0.15, 0.2) is 59.5 Å². The Morgan fingerprint density at radius 1 is 0.957 bits per heavy atom. The molecule has 2 aromatic carbocycles. The number of carbonyl (C=O) groups excluding carboxylic acids is 3. The van der Waals surface area contributed by atoms with Gasteiger partial charge in [-0.25, -0.2) is 9.97 Å². The highest BCUT2D eigenvalue weighted by Crippen LogP contribution is 2.19. The fourth-order valence-corrected chi connectivity index (χ4v) is 4.71. The molecule has 0 aliphatic rings. The van der Waals surface area contributed by atoms with Gasteiger partial charge in [0.1, 0.15) is 0 Å². The summed E-state index contributed by atoms with van der Waals surface area (Å²) < 4.78 is 0. The first-order valence-corrected chi connectivity index (χ1v) is 14.9. The van der Waals surface area contributed by atoms with Gasteiger partial charge in [0.25, 0.3) is 5.91 Å². The maximum Gasteiger partial charge on any atom is 0.303 e. The summed E-state index contributed by atoms with van der Waals surface area (Å²) in [7, 11) is 0. The molecule has 4 aromatic rings. The van der Waals surface area contributed by atoms with Gasteiger partial charge in [-0.1, -0.05) is 38.1 Å². The molecule has 4 rings (SSSR count). The monoisotopic (exact) mass is 627 g/mol. The number of fused-ring (bicyclic) bond motifs is 1. The van der Waals surface area contributed by atoms with E-state index in [2.05, 4.69) is 49.7 Å². The predicted molar refractivity (Wildman–Crippen MR) is 173 cm³/mol. The summed E-state index contributed by atoms with van der Waals surface area (Å²) in [4.78, 5) is 76.3. The second-order valence-corrected chi connectivity index (χ2v) is 11.5. The van der Waals surface area contributed by atoms with Gasteiger partial charge in [0.05, 0.1) is 30.4 Å². The van der Waals surface area contributed by atoms with Crippen LogP contribution >= 0.6 is 0 Å². The summed E-state index contributed by atoms with van der Waals surface area (Å²) in [6, 6.07) is 13.5. The van der Waals surface area contributed by atoms with Crippen LogP contribution in [0, 0.1) is 5.92 Å². The Hall–Kier alpha value is -5.46. The van der Waals surface area contributed by atoms with E-state index in [-0.39, 0.29) is 48.2 Å². The minimum absolute atomic E-state index is 0.00399. The Bertz CT molecular complexity index is 1790. The summed E-state index contributed by atoms with van der Waals surface area (Å²) in [5.74, 6) is -2.16. The van der Waals surface area contributed by atoms with Crippen molar-refractivity contribution < 1.29 is 24.3 Å². The van der Waals surface area contributed by atoms with Gasteiger partial charge in [0.2, 0.25) is 11.9 Å². The number of carboxylic acids is 1. The number of rotatable bonds is 14. The number of benzene rings is 2. The molecule has 0 aliphatic carbocycles. The molecule has 0 radical (unpaired) electrons. The van der Waals surface area contributed by atoms with Crippen LogP contribution in [0.4, 0.5) is 11.6 Å². The van der Waals surface area contributed by atoms with E-state index in [1.54, 1.807) is 31.2 Å². The second kappa shape index (κ2) is 15.0. The van der Waals surface area contributed by atoms with Gasteiger partial charge in [-0.05, 0) is 68.0 Å². The summed E-state index contributed by atoms with van der Waals surface area (Å²) >= 11 is 0. The van der Waals surface area contributed by atoms with Crippen molar-refractivity contribution in [1.29, 1.82) is 0 Å². The number of H-pyrrole nitrogens is 1. The molecule has 0 spiro atoms. The number of nitrogens with zero attached hydrogens (tertiary/aromatic N) is 3. The molecule has 0 aliphatic heterocycles. The lowest BCUT2D eigenvalue weighted by molar-refractivity contribution is -0.137. The van der Waals surface area contributed by atoms with E-state index < -0.39 is 29.4 Å². The topological polar surface area (TPSA) is 196 Å². The minimum Gasteiger partial charge on any atom is -0.481 e. The average Bonchev–Trinajstić information content (AvgIpc) is 3.01. The number of carboxylic acid groups (broad SMARTS) is 1. The Kier molecular flexibility index (Phi) is 10.9. The Labute approximate surface area is 265 Å². The molecule has 1 unspecified atom stereocenters. The summed E-state index contributed by atoms with van der Waals surface area (Å²) in [6.07, 6.45) is 2.21. The molecule has 240 valence electrons. The van der Waals surface area contributed by atoms with Crippen molar-refractivity contribution in [3.63, 3.8) is 0 Å². The van der Waals surface area contributed by atoms with Gasteiger partial charge in [0, 0.05) is 17.7 Å². The quantitative estimate of drug-likeness (QED) is 0.137. The van der Waals surface area contributed by atoms with Gasteiger partial charge >= 0.3 is 11.5 Å². The van der Waals surface area contributed by atoms with Crippen LogP contribution in [0.25, 0.3) is 11.2 Å². The zero-order valence-corrected chi connectivity index (χ0v) is 26.1. The third-order valence-electron chi connectivity index (χ3n) is 7.30. The SMILES string of the molecule is CC(=O)[C@H](CCC(=O)O)NC(=O)c1ccc(NCc2cnc3[nH]c(NC(=O)C(C)c4ccc(CC(C)C)cc4)nc(=O)c3n2)cc1. The molecule has 2 amide bonds. The third kappa shape index (κ3) is 9.03. The first-order chi connectivity index (χ1) is 21.9. The van der Waals surface area contributed by atoms with Gasteiger partial charge in [-0.15, -0.1) is 0 Å². The molecule has 0 saturated heterocycles. The number of carbonyl (C=O) groups is 4. The number of aliphatic carboxylic acids is 1. The molecular weight excluding hydrogens is 590 g/mol. The van der Waals surface area contributed by atoms with Crippen LogP contribution in [-0.4, -0.2) is 54.7 Å². The van der Waals surface area contributed by atoms with E-state index in [1.165, 1.54) is 18.7 Å². The number of nitrogens with one attached hydrogen (secondary N) is 4. The normalized spacial score (nSPS) is 12.4. The van der Waals surface area contributed by atoms with Crippen LogP contribution in [0.5, 0.6) is 0 Å². The molecule has 13 nitrogen and oxygen atoms in total. The van der Waals surface area contributed by atoms with Gasteiger partial charge in [0.15, 0.2) is 16.9 Å². The van der Waals surface area contributed by atoms with Crippen LogP contribution in [0.2, 0.25) is 0 Å². The minimum atomic E-state index is -1.05. The highest BCUT2D eigenvalue weighted by Gasteiger charge is 2.20. The Balaban J connectivity index is 1.36. The van der Waals surface area contributed by atoms with Crippen molar-refractivity contribution >= 4 is 46.4 Å². The van der Waals surface area contributed by atoms with Crippen molar-refractivity contribution in [2.75, 3.05) is 10.6 Å². The van der Waals surface area contributed by atoms with Crippen LogP contribution < -0.4 is 21.5 Å². The fraction of sp³-hybridized carbons (Fsp3) is 0.333. The van der Waals surface area contributed by atoms with Gasteiger partial charge in [-0.3, -0.25) is 29.3 Å². The predicted octanol–water partition coefficient (Wildman–Crippen LogP) is 3.82. The fourth-order valence-electron chi connectivity index (χ4n) is 4.71. The lowest BCUT2D eigenvalue weighted by Crippen LogP contribution is -2.40. The number of hydrogen-bond acceptors (Lipinski definition) is 9. The first kappa shape index (κ1) is 33.4. The van der Waals surface area contributed by atoms with Crippen molar-refractivity contribution in [3.8, 4) is 0 Å². The summed E-state index contributed by atoms with van der Waals surface area (Å²) in [5.41, 5.74) is 3.00. The molecular formula is C33H37N7O6. The molecule has 2 aromatic heterocycles. The van der Waals surface area contributed by atoms with E-state index in [0.717, 1.165) is 12.0 Å². The number of amides is 2. The lowest BCUT2D eigenvalue weighted by Gasteiger charge is -2.15. The number of aromatic nitrogens is 4. The van der Waals surface area contributed by atoms with Gasteiger partial charge in [-0.2, -0.15) is 4.98 Å². The number of Topliss-reactive ketones (excluding diaryl/α,β-unsaturated/α-hetero) is 1. The number of anilines is 2. The maximum absolute atomic E-state index is 12.9. The number of aromatic amines is 1. The summed E-state index contributed by atoms with van der Waals surface area (Å²) in [5, 5.41) is 17.2. The van der Waals surface area contributed by atoms with Crippen LogP contribution in [0.1, 0.15) is 73.6 Å². The molecule has 0 saturated carbocycles. The molecule has 5 N–H and O–H groups in total. The standard InChI is InChI=1S/C33H37N7O6/c1-18(2)15-21-5-7-22(8-6-21)19(3)30(44)39-33-38-29-28(32(46)40-33)36-25(17-35-29)16-34-24-11-9-23(10-12-24)31(45)37-26(20(4)41)13-14-27(42)43/h5-12,17-19,26,34H,13-16H2,1-4H3,(H,37,45)(H,42,43)(H2,35,38,39,40,44,46)/t19?,26-/m0/s1. The van der Waals surface area contributed by atoms with E-state index in [0.29, 0.717) is 22.9 Å². The van der Waals surface area contributed by atoms with E-state index in [4.69, 9.17) is 5.11 Å². The van der Waals surface area contributed by atoms with Crippen LogP contribution in [0.3, 0.4) is 0 Å². The molecule has 46 heavy (non-hydrogen) atoms. The van der Waals surface area contributed by atoms with Crippen molar-refractivity contribution in [3.05, 3.63) is 87.5 Å². The maximum atomic E-state index is 12.9. The van der Waals surface area contributed by atoms with E-state index >= 15 is 0 Å².